The Bertz CT molecular complexity index is 1090. The van der Waals surface area contributed by atoms with Crippen LogP contribution in [0.4, 0.5) is 0 Å². The van der Waals surface area contributed by atoms with Crippen LogP contribution < -0.4 is 16.6 Å². The van der Waals surface area contributed by atoms with Crippen molar-refractivity contribution >= 4 is 16.9 Å². The predicted molar refractivity (Wildman–Crippen MR) is 100 cm³/mol. The number of amides is 1. The molecule has 1 aromatic carbocycles. The number of para-hydroxylation sites is 2. The summed E-state index contributed by atoms with van der Waals surface area (Å²) in [5.74, 6) is -0.314. The Balaban J connectivity index is 1.82. The number of aromatic nitrogens is 3. The molecule has 2 heterocycles. The average Bonchev–Trinajstić information content (AvgIpc) is 2.85. The van der Waals surface area contributed by atoms with E-state index in [-0.39, 0.29) is 30.2 Å². The molecule has 0 aliphatic carbocycles. The molecule has 7 heteroatoms. The zero-order valence-electron chi connectivity index (χ0n) is 15.1. The zero-order valence-corrected chi connectivity index (χ0v) is 15.1. The monoisotopic (exact) mass is 354 g/mol. The molecule has 2 aromatic heterocycles. The SMILES string of the molecule is CCn1c(=O)n(CC(=O)NCc2c(C)cc(C)[nH]c2=O)c2ccccc21. The lowest BCUT2D eigenvalue weighted by Gasteiger charge is -2.09. The Labute approximate surface area is 150 Å². The van der Waals surface area contributed by atoms with Crippen LogP contribution in [-0.4, -0.2) is 20.0 Å². The van der Waals surface area contributed by atoms with Crippen LogP contribution in [0, 0.1) is 13.8 Å². The zero-order chi connectivity index (χ0) is 18.8. The lowest BCUT2D eigenvalue weighted by molar-refractivity contribution is -0.121. The summed E-state index contributed by atoms with van der Waals surface area (Å²) in [5, 5.41) is 2.74. The van der Waals surface area contributed by atoms with E-state index in [4.69, 9.17) is 0 Å². The van der Waals surface area contributed by atoms with E-state index in [0.717, 1.165) is 22.3 Å². The maximum atomic E-state index is 12.6. The van der Waals surface area contributed by atoms with Crippen molar-refractivity contribution in [2.45, 2.75) is 40.4 Å². The first-order valence-electron chi connectivity index (χ1n) is 8.56. The Morgan fingerprint density at radius 3 is 2.38 bits per heavy atom. The molecular weight excluding hydrogens is 332 g/mol. The van der Waals surface area contributed by atoms with E-state index in [2.05, 4.69) is 10.3 Å². The summed E-state index contributed by atoms with van der Waals surface area (Å²) in [4.78, 5) is 39.7. The van der Waals surface area contributed by atoms with Crippen LogP contribution in [0.15, 0.2) is 39.9 Å². The molecule has 26 heavy (non-hydrogen) atoms. The molecule has 0 fully saturated rings. The number of H-pyrrole nitrogens is 1. The molecule has 0 atom stereocenters. The molecule has 1 amide bonds. The van der Waals surface area contributed by atoms with Crippen LogP contribution in [0.1, 0.15) is 23.7 Å². The third-order valence-electron chi connectivity index (χ3n) is 4.50. The largest absolute Gasteiger partial charge is 0.350 e. The molecule has 136 valence electrons. The van der Waals surface area contributed by atoms with Gasteiger partial charge in [0.15, 0.2) is 0 Å². The Morgan fingerprint density at radius 2 is 1.77 bits per heavy atom. The highest BCUT2D eigenvalue weighted by molar-refractivity contribution is 5.80. The minimum Gasteiger partial charge on any atom is -0.350 e. The van der Waals surface area contributed by atoms with Crippen molar-refractivity contribution in [3.8, 4) is 0 Å². The van der Waals surface area contributed by atoms with E-state index < -0.39 is 0 Å². The van der Waals surface area contributed by atoms with E-state index in [1.807, 2.05) is 51.1 Å². The minimum atomic E-state index is -0.314. The van der Waals surface area contributed by atoms with Crippen LogP contribution in [0.5, 0.6) is 0 Å². The fourth-order valence-electron chi connectivity index (χ4n) is 3.22. The van der Waals surface area contributed by atoms with Gasteiger partial charge in [-0.15, -0.1) is 0 Å². The Morgan fingerprint density at radius 1 is 1.12 bits per heavy atom. The summed E-state index contributed by atoms with van der Waals surface area (Å²) in [6.45, 7) is 6.11. The molecular formula is C19H22N4O3. The van der Waals surface area contributed by atoms with Crippen LogP contribution in [0.2, 0.25) is 0 Å². The van der Waals surface area contributed by atoms with Gasteiger partial charge in [-0.1, -0.05) is 12.1 Å². The lowest BCUT2D eigenvalue weighted by Crippen LogP contribution is -2.34. The number of nitrogens with zero attached hydrogens (tertiary/aromatic N) is 2. The number of benzene rings is 1. The molecule has 0 bridgehead atoms. The third-order valence-corrected chi connectivity index (χ3v) is 4.50. The second-order valence-electron chi connectivity index (χ2n) is 6.32. The second-order valence-corrected chi connectivity index (χ2v) is 6.32. The molecule has 0 spiro atoms. The lowest BCUT2D eigenvalue weighted by atomic mass is 10.1. The van der Waals surface area contributed by atoms with E-state index in [0.29, 0.717) is 12.1 Å². The number of carbonyl (C=O) groups is 1. The number of imidazole rings is 1. The van der Waals surface area contributed by atoms with Crippen LogP contribution in [0.25, 0.3) is 11.0 Å². The highest BCUT2D eigenvalue weighted by atomic mass is 16.2. The van der Waals surface area contributed by atoms with Crippen LogP contribution in [0.3, 0.4) is 0 Å². The molecule has 3 rings (SSSR count). The maximum absolute atomic E-state index is 12.6. The van der Waals surface area contributed by atoms with Crippen molar-refractivity contribution in [3.05, 3.63) is 68.0 Å². The van der Waals surface area contributed by atoms with Gasteiger partial charge in [-0.25, -0.2) is 4.79 Å². The van der Waals surface area contributed by atoms with Crippen molar-refractivity contribution in [3.63, 3.8) is 0 Å². The molecule has 0 aliphatic heterocycles. The van der Waals surface area contributed by atoms with Gasteiger partial charge in [-0.3, -0.25) is 18.7 Å². The van der Waals surface area contributed by atoms with Gasteiger partial charge in [-0.2, -0.15) is 0 Å². The number of pyridine rings is 1. The van der Waals surface area contributed by atoms with Gasteiger partial charge >= 0.3 is 5.69 Å². The molecule has 0 unspecified atom stereocenters. The maximum Gasteiger partial charge on any atom is 0.329 e. The number of carbonyl (C=O) groups excluding carboxylic acids is 1. The summed E-state index contributed by atoms with van der Waals surface area (Å²) in [6.07, 6.45) is 0. The number of aromatic amines is 1. The van der Waals surface area contributed by atoms with Crippen LogP contribution >= 0.6 is 0 Å². The summed E-state index contributed by atoms with van der Waals surface area (Å²) in [6, 6.07) is 9.26. The third kappa shape index (κ3) is 3.20. The van der Waals surface area contributed by atoms with Gasteiger partial charge in [0.1, 0.15) is 6.54 Å². The number of fused-ring (bicyclic) bond motifs is 1. The first-order chi connectivity index (χ1) is 12.4. The van der Waals surface area contributed by atoms with E-state index in [1.54, 1.807) is 4.57 Å². The van der Waals surface area contributed by atoms with Crippen molar-refractivity contribution < 1.29 is 4.79 Å². The normalized spacial score (nSPS) is 11.0. The fraction of sp³-hybridized carbons (Fsp3) is 0.316. The van der Waals surface area contributed by atoms with Gasteiger partial charge in [0.25, 0.3) is 5.56 Å². The molecule has 3 aromatic rings. The Kier molecular flexibility index (Phi) is 4.79. The van der Waals surface area contributed by atoms with Crippen molar-refractivity contribution in [2.75, 3.05) is 0 Å². The number of rotatable bonds is 5. The topological polar surface area (TPSA) is 88.9 Å². The van der Waals surface area contributed by atoms with Gasteiger partial charge < -0.3 is 10.3 Å². The summed E-state index contributed by atoms with van der Waals surface area (Å²) < 4.78 is 3.10. The van der Waals surface area contributed by atoms with Crippen LogP contribution in [-0.2, 0) is 24.4 Å². The van der Waals surface area contributed by atoms with Gasteiger partial charge in [0, 0.05) is 24.3 Å². The first kappa shape index (κ1) is 17.7. The Hall–Kier alpha value is -3.09. The smallest absolute Gasteiger partial charge is 0.329 e. The van der Waals surface area contributed by atoms with Crippen molar-refractivity contribution in [1.29, 1.82) is 0 Å². The standard InChI is InChI=1S/C19H22N4O3/c1-4-22-15-7-5-6-8-16(15)23(19(22)26)11-17(24)20-10-14-12(2)9-13(3)21-18(14)25/h5-9H,4,10-11H2,1-3H3,(H,20,24)(H,21,25). The summed E-state index contributed by atoms with van der Waals surface area (Å²) in [7, 11) is 0. The number of aryl methyl sites for hydroxylation is 3. The van der Waals surface area contributed by atoms with E-state index in [9.17, 15) is 14.4 Å². The molecule has 2 N–H and O–H groups in total. The quantitative estimate of drug-likeness (QED) is 0.727. The average molecular weight is 354 g/mol. The molecule has 0 aliphatic rings. The highest BCUT2D eigenvalue weighted by Crippen LogP contribution is 2.12. The summed E-state index contributed by atoms with van der Waals surface area (Å²) in [5.41, 5.74) is 3.23. The van der Waals surface area contributed by atoms with Gasteiger partial charge in [0.2, 0.25) is 5.91 Å². The number of hydrogen-bond acceptors (Lipinski definition) is 3. The minimum absolute atomic E-state index is 0.0881. The molecule has 0 radical (unpaired) electrons. The molecule has 0 saturated heterocycles. The van der Waals surface area contributed by atoms with E-state index in [1.165, 1.54) is 4.57 Å². The van der Waals surface area contributed by atoms with Crippen molar-refractivity contribution in [2.24, 2.45) is 0 Å². The number of hydrogen-bond donors (Lipinski definition) is 2. The summed E-state index contributed by atoms with van der Waals surface area (Å²) >= 11 is 0. The number of nitrogens with one attached hydrogen (secondary N) is 2. The second kappa shape index (κ2) is 7.03. The van der Waals surface area contributed by atoms with E-state index >= 15 is 0 Å². The molecule has 7 nitrogen and oxygen atoms in total. The first-order valence-corrected chi connectivity index (χ1v) is 8.56. The van der Waals surface area contributed by atoms with Crippen molar-refractivity contribution in [1.82, 2.24) is 19.4 Å². The highest BCUT2D eigenvalue weighted by Gasteiger charge is 2.15. The molecule has 0 saturated carbocycles. The predicted octanol–water partition coefficient (Wildman–Crippen LogP) is 1.44. The van der Waals surface area contributed by atoms with Gasteiger partial charge in [-0.05, 0) is 44.5 Å². The van der Waals surface area contributed by atoms with Gasteiger partial charge in [0.05, 0.1) is 11.0 Å². The fourth-order valence-corrected chi connectivity index (χ4v) is 3.22.